The Balaban J connectivity index is 1.70. The van der Waals surface area contributed by atoms with Crippen molar-refractivity contribution < 1.29 is 13.9 Å². The number of benzene rings is 1. The number of ether oxygens (including phenoxy) is 1. The Hall–Kier alpha value is -3.10. The molecular formula is C17H21FN6O2. The number of rotatable bonds is 4. The van der Waals surface area contributed by atoms with Gasteiger partial charge in [-0.3, -0.25) is 0 Å². The first-order chi connectivity index (χ1) is 12.6. The van der Waals surface area contributed by atoms with Gasteiger partial charge in [-0.25, -0.2) is 19.2 Å². The van der Waals surface area contributed by atoms with E-state index in [1.54, 1.807) is 24.0 Å². The van der Waals surface area contributed by atoms with Crippen LogP contribution in [0.2, 0.25) is 0 Å². The van der Waals surface area contributed by atoms with Crippen molar-refractivity contribution >= 4 is 29.1 Å². The zero-order valence-corrected chi connectivity index (χ0v) is 14.5. The Bertz CT molecular complexity index is 762. The highest BCUT2D eigenvalue weighted by atomic mass is 19.1. The third-order valence-corrected chi connectivity index (χ3v) is 4.08. The van der Waals surface area contributed by atoms with Crippen molar-refractivity contribution in [3.63, 3.8) is 0 Å². The lowest BCUT2D eigenvalue weighted by molar-refractivity contribution is 0.105. The summed E-state index contributed by atoms with van der Waals surface area (Å²) in [6.07, 6.45) is 1.12. The molecule has 0 saturated carbocycles. The van der Waals surface area contributed by atoms with Crippen LogP contribution in [0.4, 0.5) is 32.2 Å². The summed E-state index contributed by atoms with van der Waals surface area (Å²) in [5.41, 5.74) is 7.31. The molecule has 9 heteroatoms. The summed E-state index contributed by atoms with van der Waals surface area (Å²) >= 11 is 0. The number of nitrogens with two attached hydrogens (primary N) is 1. The normalized spacial score (nSPS) is 14.2. The van der Waals surface area contributed by atoms with Crippen LogP contribution in [0.15, 0.2) is 30.6 Å². The van der Waals surface area contributed by atoms with Gasteiger partial charge in [-0.2, -0.15) is 0 Å². The van der Waals surface area contributed by atoms with Crippen molar-refractivity contribution in [2.45, 2.75) is 6.92 Å². The first kappa shape index (κ1) is 17.7. The molecule has 8 nitrogen and oxygen atoms in total. The van der Waals surface area contributed by atoms with Crippen LogP contribution in [0.3, 0.4) is 0 Å². The Kier molecular flexibility index (Phi) is 5.35. The molecule has 1 aromatic carbocycles. The van der Waals surface area contributed by atoms with Gasteiger partial charge in [-0.1, -0.05) is 0 Å². The molecule has 138 valence electrons. The number of piperazine rings is 1. The van der Waals surface area contributed by atoms with Crippen molar-refractivity contribution in [1.82, 2.24) is 14.9 Å². The number of amides is 1. The van der Waals surface area contributed by atoms with E-state index in [0.29, 0.717) is 55.8 Å². The van der Waals surface area contributed by atoms with E-state index in [0.717, 1.165) is 0 Å². The molecule has 0 atom stereocenters. The molecule has 3 N–H and O–H groups in total. The molecule has 2 heterocycles. The number of hydrogen-bond donors (Lipinski definition) is 2. The van der Waals surface area contributed by atoms with Gasteiger partial charge in [0.15, 0.2) is 11.6 Å². The summed E-state index contributed by atoms with van der Waals surface area (Å²) in [7, 11) is 0. The van der Waals surface area contributed by atoms with Crippen LogP contribution in [0.1, 0.15) is 6.92 Å². The Labute approximate surface area is 150 Å². The van der Waals surface area contributed by atoms with Gasteiger partial charge >= 0.3 is 6.09 Å². The molecule has 26 heavy (non-hydrogen) atoms. The van der Waals surface area contributed by atoms with Gasteiger partial charge in [0.1, 0.15) is 17.8 Å². The Morgan fingerprint density at radius 2 is 1.92 bits per heavy atom. The van der Waals surface area contributed by atoms with Gasteiger partial charge < -0.3 is 25.6 Å². The molecule has 1 amide bonds. The van der Waals surface area contributed by atoms with Crippen molar-refractivity contribution in [3.05, 3.63) is 36.4 Å². The second kappa shape index (κ2) is 7.85. The molecule has 1 aliphatic heterocycles. The quantitative estimate of drug-likeness (QED) is 0.863. The second-order valence-electron chi connectivity index (χ2n) is 5.76. The highest BCUT2D eigenvalue weighted by Crippen LogP contribution is 2.29. The van der Waals surface area contributed by atoms with Crippen LogP contribution in [-0.2, 0) is 4.74 Å². The molecule has 2 aromatic rings. The number of halogens is 1. The number of nitrogens with zero attached hydrogens (tertiary/aromatic N) is 4. The highest BCUT2D eigenvalue weighted by molar-refractivity contribution is 5.78. The van der Waals surface area contributed by atoms with Crippen LogP contribution in [0, 0.1) is 5.82 Å². The molecule has 1 aliphatic rings. The van der Waals surface area contributed by atoms with Crippen molar-refractivity contribution in [2.75, 3.05) is 48.7 Å². The van der Waals surface area contributed by atoms with Gasteiger partial charge in [0.25, 0.3) is 0 Å². The summed E-state index contributed by atoms with van der Waals surface area (Å²) in [5, 5.41) is 3.07. The highest BCUT2D eigenvalue weighted by Gasteiger charge is 2.24. The fourth-order valence-electron chi connectivity index (χ4n) is 2.72. The first-order valence-electron chi connectivity index (χ1n) is 8.38. The maximum absolute atomic E-state index is 13.0. The molecular weight excluding hydrogens is 339 g/mol. The Morgan fingerprint density at radius 1 is 1.23 bits per heavy atom. The van der Waals surface area contributed by atoms with E-state index >= 15 is 0 Å². The van der Waals surface area contributed by atoms with E-state index < -0.39 is 0 Å². The fraction of sp³-hybridized carbons (Fsp3) is 0.353. The average molecular weight is 360 g/mol. The van der Waals surface area contributed by atoms with Gasteiger partial charge in [0, 0.05) is 31.9 Å². The van der Waals surface area contributed by atoms with E-state index in [1.165, 1.54) is 18.5 Å². The van der Waals surface area contributed by atoms with Crippen molar-refractivity contribution in [2.24, 2.45) is 0 Å². The number of hydrogen-bond acceptors (Lipinski definition) is 7. The third-order valence-electron chi connectivity index (χ3n) is 4.08. The lowest BCUT2D eigenvalue weighted by Crippen LogP contribution is -2.49. The van der Waals surface area contributed by atoms with E-state index in [-0.39, 0.29) is 11.9 Å². The average Bonchev–Trinajstić information content (AvgIpc) is 2.66. The molecule has 1 fully saturated rings. The predicted octanol–water partition coefficient (Wildman–Crippen LogP) is 2.22. The lowest BCUT2D eigenvalue weighted by Gasteiger charge is -2.35. The number of carbonyl (C=O) groups is 1. The molecule has 0 aliphatic carbocycles. The maximum Gasteiger partial charge on any atom is 0.409 e. The Morgan fingerprint density at radius 3 is 2.58 bits per heavy atom. The van der Waals surface area contributed by atoms with E-state index in [9.17, 15) is 9.18 Å². The SMILES string of the molecule is CCOC(=O)N1CCN(c2ncnc(Nc3ccc(F)cc3)c2N)CC1. The molecule has 1 aromatic heterocycles. The zero-order valence-electron chi connectivity index (χ0n) is 14.5. The largest absolute Gasteiger partial charge is 0.450 e. The standard InChI is InChI=1S/C17H21FN6O2/c1-2-26-17(25)24-9-7-23(8-10-24)16-14(19)15(20-11-21-16)22-13-5-3-12(18)4-6-13/h3-6,11H,2,7-10,19H2,1H3,(H,20,21,22). The summed E-state index contributed by atoms with van der Waals surface area (Å²) in [4.78, 5) is 23.9. The number of carbonyl (C=O) groups excluding carboxylic acids is 1. The first-order valence-corrected chi connectivity index (χ1v) is 8.38. The zero-order chi connectivity index (χ0) is 18.5. The van der Waals surface area contributed by atoms with E-state index in [1.807, 2.05) is 4.90 Å². The van der Waals surface area contributed by atoms with Crippen LogP contribution >= 0.6 is 0 Å². The minimum Gasteiger partial charge on any atom is -0.450 e. The molecule has 0 spiro atoms. The fourth-order valence-corrected chi connectivity index (χ4v) is 2.72. The van der Waals surface area contributed by atoms with Crippen molar-refractivity contribution in [1.29, 1.82) is 0 Å². The van der Waals surface area contributed by atoms with Gasteiger partial charge in [-0.05, 0) is 31.2 Å². The molecule has 1 saturated heterocycles. The third kappa shape index (κ3) is 3.93. The number of anilines is 4. The van der Waals surface area contributed by atoms with Crippen molar-refractivity contribution in [3.8, 4) is 0 Å². The lowest BCUT2D eigenvalue weighted by atomic mass is 10.3. The van der Waals surface area contributed by atoms with Crippen LogP contribution in [-0.4, -0.2) is 53.7 Å². The van der Waals surface area contributed by atoms with Gasteiger partial charge in [0.05, 0.1) is 6.61 Å². The molecule has 0 radical (unpaired) electrons. The van der Waals surface area contributed by atoms with Crippen LogP contribution in [0.5, 0.6) is 0 Å². The number of nitrogens with one attached hydrogen (secondary N) is 1. The smallest absolute Gasteiger partial charge is 0.409 e. The second-order valence-corrected chi connectivity index (χ2v) is 5.76. The predicted molar refractivity (Wildman–Crippen MR) is 96.9 cm³/mol. The summed E-state index contributed by atoms with van der Waals surface area (Å²) in [6, 6.07) is 5.92. The maximum atomic E-state index is 13.0. The van der Waals surface area contributed by atoms with E-state index in [4.69, 9.17) is 10.5 Å². The molecule has 3 rings (SSSR count). The monoisotopic (exact) mass is 360 g/mol. The minimum absolute atomic E-state index is 0.304. The summed E-state index contributed by atoms with van der Waals surface area (Å²) in [6.45, 7) is 4.39. The summed E-state index contributed by atoms with van der Waals surface area (Å²) in [5.74, 6) is 0.744. The summed E-state index contributed by atoms with van der Waals surface area (Å²) < 4.78 is 18.0. The topological polar surface area (TPSA) is 96.6 Å². The van der Waals surface area contributed by atoms with Gasteiger partial charge in [-0.15, -0.1) is 0 Å². The van der Waals surface area contributed by atoms with E-state index in [2.05, 4.69) is 15.3 Å². The molecule has 0 bridgehead atoms. The minimum atomic E-state index is -0.314. The van der Waals surface area contributed by atoms with Crippen LogP contribution in [0.25, 0.3) is 0 Å². The van der Waals surface area contributed by atoms with Gasteiger partial charge in [0.2, 0.25) is 0 Å². The molecule has 0 unspecified atom stereocenters. The number of aromatic nitrogens is 2. The van der Waals surface area contributed by atoms with Crippen LogP contribution < -0.4 is 16.0 Å². The number of nitrogen functional groups attached to an aromatic ring is 1.